The summed E-state index contributed by atoms with van der Waals surface area (Å²) < 4.78 is 25.0. The molecular formula is C10H22N2O2S2. The van der Waals surface area contributed by atoms with Crippen molar-refractivity contribution in [2.24, 2.45) is 0 Å². The number of hydrogen-bond acceptors (Lipinski definition) is 4. The first-order valence-corrected chi connectivity index (χ1v) is 8.63. The van der Waals surface area contributed by atoms with Gasteiger partial charge in [0.1, 0.15) is 0 Å². The minimum Gasteiger partial charge on any atom is -0.312 e. The molecule has 0 radical (unpaired) electrons. The van der Waals surface area contributed by atoms with E-state index in [1.807, 2.05) is 25.6 Å². The highest BCUT2D eigenvalue weighted by molar-refractivity contribution is 7.99. The van der Waals surface area contributed by atoms with E-state index in [1.165, 1.54) is 30.6 Å². The van der Waals surface area contributed by atoms with E-state index in [2.05, 4.69) is 10.0 Å². The van der Waals surface area contributed by atoms with Crippen molar-refractivity contribution < 1.29 is 8.42 Å². The van der Waals surface area contributed by atoms with Crippen LogP contribution in [0.3, 0.4) is 0 Å². The van der Waals surface area contributed by atoms with Crippen molar-refractivity contribution in [3.8, 4) is 0 Å². The Bertz CT molecular complexity index is 309. The highest BCUT2D eigenvalue weighted by Gasteiger charge is 2.23. The zero-order valence-electron chi connectivity index (χ0n) is 10.2. The molecule has 0 aromatic carbocycles. The van der Waals surface area contributed by atoms with Crippen molar-refractivity contribution in [1.29, 1.82) is 0 Å². The molecule has 0 atom stereocenters. The normalized spacial score (nSPS) is 19.9. The molecule has 0 spiro atoms. The molecular weight excluding hydrogens is 244 g/mol. The first-order chi connectivity index (χ1) is 7.29. The lowest BCUT2D eigenvalue weighted by atomic mass is 10.1. The number of sulfonamides is 1. The van der Waals surface area contributed by atoms with Crippen LogP contribution in [-0.2, 0) is 10.0 Å². The van der Waals surface area contributed by atoms with Gasteiger partial charge in [0, 0.05) is 18.1 Å². The SMILES string of the molecule is CC(C)(CNC1CCSCC1)NS(C)(=O)=O. The van der Waals surface area contributed by atoms with Crippen molar-refractivity contribution in [1.82, 2.24) is 10.0 Å². The third kappa shape index (κ3) is 6.08. The van der Waals surface area contributed by atoms with E-state index in [1.54, 1.807) is 0 Å². The highest BCUT2D eigenvalue weighted by Crippen LogP contribution is 2.17. The summed E-state index contributed by atoms with van der Waals surface area (Å²) in [6.07, 6.45) is 3.56. The van der Waals surface area contributed by atoms with Crippen LogP contribution >= 0.6 is 11.8 Å². The molecule has 0 aromatic heterocycles. The van der Waals surface area contributed by atoms with E-state index in [0.717, 1.165) is 0 Å². The van der Waals surface area contributed by atoms with Crippen LogP contribution in [0.1, 0.15) is 26.7 Å². The van der Waals surface area contributed by atoms with Crippen LogP contribution in [-0.4, -0.2) is 44.3 Å². The molecule has 1 aliphatic heterocycles. The van der Waals surface area contributed by atoms with E-state index in [0.29, 0.717) is 12.6 Å². The minimum absolute atomic E-state index is 0.418. The molecule has 1 heterocycles. The molecule has 0 aromatic rings. The van der Waals surface area contributed by atoms with Crippen LogP contribution in [0.25, 0.3) is 0 Å². The van der Waals surface area contributed by atoms with E-state index < -0.39 is 15.6 Å². The fourth-order valence-electron chi connectivity index (χ4n) is 1.84. The molecule has 0 unspecified atom stereocenters. The van der Waals surface area contributed by atoms with Gasteiger partial charge in [-0.25, -0.2) is 13.1 Å². The van der Waals surface area contributed by atoms with Crippen LogP contribution in [0.5, 0.6) is 0 Å². The zero-order valence-corrected chi connectivity index (χ0v) is 11.9. The highest BCUT2D eigenvalue weighted by atomic mass is 32.2. The lowest BCUT2D eigenvalue weighted by Crippen LogP contribution is -2.52. The van der Waals surface area contributed by atoms with Crippen molar-refractivity contribution >= 4 is 21.8 Å². The standard InChI is InChI=1S/C10H22N2O2S2/c1-10(2,12-16(3,13)14)8-11-9-4-6-15-7-5-9/h9,11-12H,4-8H2,1-3H3. The molecule has 1 fully saturated rings. The van der Waals surface area contributed by atoms with E-state index in [-0.39, 0.29) is 0 Å². The van der Waals surface area contributed by atoms with Gasteiger partial charge in [0.25, 0.3) is 0 Å². The molecule has 1 rings (SSSR count). The molecule has 96 valence electrons. The van der Waals surface area contributed by atoms with Crippen LogP contribution in [0.2, 0.25) is 0 Å². The van der Waals surface area contributed by atoms with Gasteiger partial charge in [-0.05, 0) is 38.2 Å². The first-order valence-electron chi connectivity index (χ1n) is 5.59. The second-order valence-electron chi connectivity index (χ2n) is 5.03. The molecule has 1 saturated heterocycles. The third-order valence-corrected chi connectivity index (χ3v) is 4.49. The van der Waals surface area contributed by atoms with Gasteiger partial charge in [-0.1, -0.05) is 0 Å². The van der Waals surface area contributed by atoms with Crippen molar-refractivity contribution in [2.75, 3.05) is 24.3 Å². The summed E-state index contributed by atoms with van der Waals surface area (Å²) in [5.74, 6) is 2.41. The maximum absolute atomic E-state index is 11.2. The Labute approximate surface area is 103 Å². The summed E-state index contributed by atoms with van der Waals surface area (Å²) >= 11 is 1.99. The molecule has 4 nitrogen and oxygen atoms in total. The van der Waals surface area contributed by atoms with Gasteiger partial charge in [-0.3, -0.25) is 0 Å². The predicted molar refractivity (Wildman–Crippen MR) is 70.4 cm³/mol. The van der Waals surface area contributed by atoms with Gasteiger partial charge in [-0.2, -0.15) is 11.8 Å². The third-order valence-electron chi connectivity index (χ3n) is 2.52. The smallest absolute Gasteiger partial charge is 0.209 e. The Morgan fingerprint density at radius 3 is 2.38 bits per heavy atom. The summed E-state index contributed by atoms with van der Waals surface area (Å²) in [5.41, 5.74) is -0.418. The molecule has 0 amide bonds. The predicted octanol–water partition coefficient (Wildman–Crippen LogP) is 0.799. The van der Waals surface area contributed by atoms with Gasteiger partial charge < -0.3 is 5.32 Å². The average molecular weight is 266 g/mol. The summed E-state index contributed by atoms with van der Waals surface area (Å²) in [6, 6.07) is 0.543. The van der Waals surface area contributed by atoms with Gasteiger partial charge in [0.2, 0.25) is 10.0 Å². The van der Waals surface area contributed by atoms with Crippen LogP contribution < -0.4 is 10.0 Å². The summed E-state index contributed by atoms with van der Waals surface area (Å²) in [4.78, 5) is 0. The van der Waals surface area contributed by atoms with Gasteiger partial charge in [-0.15, -0.1) is 0 Å². The monoisotopic (exact) mass is 266 g/mol. The fourth-order valence-corrected chi connectivity index (χ4v) is 4.02. The minimum atomic E-state index is -3.13. The second kappa shape index (κ2) is 5.71. The van der Waals surface area contributed by atoms with E-state index in [4.69, 9.17) is 0 Å². The Balaban J connectivity index is 2.34. The van der Waals surface area contributed by atoms with Gasteiger partial charge >= 0.3 is 0 Å². The maximum atomic E-state index is 11.2. The Hall–Kier alpha value is 0.220. The molecule has 16 heavy (non-hydrogen) atoms. The van der Waals surface area contributed by atoms with Crippen molar-refractivity contribution in [2.45, 2.75) is 38.3 Å². The quantitative estimate of drug-likeness (QED) is 0.773. The van der Waals surface area contributed by atoms with Crippen molar-refractivity contribution in [3.05, 3.63) is 0 Å². The summed E-state index contributed by atoms with van der Waals surface area (Å²) in [6.45, 7) is 4.48. The zero-order chi connectivity index (χ0) is 12.2. The number of hydrogen-bond donors (Lipinski definition) is 2. The largest absolute Gasteiger partial charge is 0.312 e. The summed E-state index contributed by atoms with van der Waals surface area (Å²) in [5, 5.41) is 3.44. The van der Waals surface area contributed by atoms with Crippen molar-refractivity contribution in [3.63, 3.8) is 0 Å². The van der Waals surface area contributed by atoms with Gasteiger partial charge in [0.15, 0.2) is 0 Å². The Kier molecular flexibility index (Phi) is 5.10. The average Bonchev–Trinajstić information content (AvgIpc) is 2.13. The topological polar surface area (TPSA) is 58.2 Å². The molecule has 2 N–H and O–H groups in total. The second-order valence-corrected chi connectivity index (χ2v) is 8.00. The van der Waals surface area contributed by atoms with E-state index in [9.17, 15) is 8.42 Å². The van der Waals surface area contributed by atoms with Crippen LogP contribution in [0.15, 0.2) is 0 Å². The maximum Gasteiger partial charge on any atom is 0.209 e. The van der Waals surface area contributed by atoms with Gasteiger partial charge in [0.05, 0.1) is 6.26 Å². The molecule has 0 saturated carbocycles. The fraction of sp³-hybridized carbons (Fsp3) is 1.00. The molecule has 6 heteroatoms. The lowest BCUT2D eigenvalue weighted by Gasteiger charge is -2.30. The van der Waals surface area contributed by atoms with Crippen LogP contribution in [0, 0.1) is 0 Å². The Morgan fingerprint density at radius 1 is 1.31 bits per heavy atom. The van der Waals surface area contributed by atoms with Crippen LogP contribution in [0.4, 0.5) is 0 Å². The molecule has 0 aliphatic carbocycles. The Morgan fingerprint density at radius 2 is 1.88 bits per heavy atom. The first kappa shape index (κ1) is 14.3. The molecule has 1 aliphatic rings. The number of nitrogens with one attached hydrogen (secondary N) is 2. The summed E-state index contributed by atoms with van der Waals surface area (Å²) in [7, 11) is -3.13. The lowest BCUT2D eigenvalue weighted by molar-refractivity contribution is 0.377. The number of rotatable bonds is 5. The number of thioether (sulfide) groups is 1. The molecule has 0 bridgehead atoms. The van der Waals surface area contributed by atoms with E-state index >= 15 is 0 Å².